The van der Waals surface area contributed by atoms with Crippen molar-refractivity contribution in [2.45, 2.75) is 0 Å². The molecule has 0 aliphatic heterocycles. The predicted molar refractivity (Wildman–Crippen MR) is 70.2 cm³/mol. The second-order valence-corrected chi connectivity index (χ2v) is 4.10. The van der Waals surface area contributed by atoms with Crippen LogP contribution in [0.5, 0.6) is 0 Å². The Balaban J connectivity index is 2.16. The lowest BCUT2D eigenvalue weighted by atomic mass is 10.2. The molecular weight excluding hydrogens is 255 g/mol. The number of nitrogens with two attached hydrogens (primary N) is 1. The van der Waals surface area contributed by atoms with Crippen LogP contribution in [0, 0.1) is 5.82 Å². The molecule has 2 rings (SSSR count). The molecule has 0 aliphatic rings. The van der Waals surface area contributed by atoms with Crippen LogP contribution in [-0.2, 0) is 0 Å². The van der Waals surface area contributed by atoms with Crippen molar-refractivity contribution in [3.05, 3.63) is 58.9 Å². The number of carbonyl (C=O) groups excluding carboxylic acids is 1. The van der Waals surface area contributed by atoms with Crippen molar-refractivity contribution in [1.29, 1.82) is 0 Å². The molecule has 1 amide bonds. The monoisotopic (exact) mass is 264 g/mol. The number of benzene rings is 2. The number of amides is 1. The summed E-state index contributed by atoms with van der Waals surface area (Å²) in [6.07, 6.45) is 0. The quantitative estimate of drug-likeness (QED) is 0.818. The molecule has 0 saturated carbocycles. The van der Waals surface area contributed by atoms with Gasteiger partial charge < -0.3 is 11.1 Å². The molecule has 0 aliphatic carbocycles. The Morgan fingerprint density at radius 1 is 1.17 bits per heavy atom. The smallest absolute Gasteiger partial charge is 0.255 e. The zero-order chi connectivity index (χ0) is 13.1. The highest BCUT2D eigenvalue weighted by Crippen LogP contribution is 2.20. The second-order valence-electron chi connectivity index (χ2n) is 3.70. The van der Waals surface area contributed by atoms with Crippen LogP contribution >= 0.6 is 11.6 Å². The highest BCUT2D eigenvalue weighted by Gasteiger charge is 2.07. The minimum atomic E-state index is -0.358. The van der Waals surface area contributed by atoms with Crippen molar-refractivity contribution in [3.63, 3.8) is 0 Å². The van der Waals surface area contributed by atoms with E-state index in [0.717, 1.165) is 0 Å². The van der Waals surface area contributed by atoms with E-state index in [2.05, 4.69) is 5.32 Å². The van der Waals surface area contributed by atoms with Crippen LogP contribution < -0.4 is 11.1 Å². The van der Waals surface area contributed by atoms with Crippen LogP contribution in [0.1, 0.15) is 10.4 Å². The minimum Gasteiger partial charge on any atom is -0.398 e. The maximum absolute atomic E-state index is 12.7. The van der Waals surface area contributed by atoms with Gasteiger partial charge in [0.05, 0.1) is 10.7 Å². The van der Waals surface area contributed by atoms with Crippen molar-refractivity contribution in [1.82, 2.24) is 0 Å². The molecule has 0 atom stereocenters. The van der Waals surface area contributed by atoms with E-state index in [4.69, 9.17) is 17.3 Å². The number of nitrogens with one attached hydrogen (secondary N) is 1. The van der Waals surface area contributed by atoms with E-state index >= 15 is 0 Å². The van der Waals surface area contributed by atoms with Crippen LogP contribution in [0.4, 0.5) is 15.8 Å². The number of nitrogen functional groups attached to an aromatic ring is 1. The zero-order valence-corrected chi connectivity index (χ0v) is 10.0. The summed E-state index contributed by atoms with van der Waals surface area (Å²) in [7, 11) is 0. The van der Waals surface area contributed by atoms with Crippen molar-refractivity contribution in [2.75, 3.05) is 11.1 Å². The topological polar surface area (TPSA) is 55.1 Å². The van der Waals surface area contributed by atoms with E-state index < -0.39 is 0 Å². The molecule has 0 radical (unpaired) electrons. The fraction of sp³-hybridized carbons (Fsp3) is 0. The molecular formula is C13H10ClFN2O. The normalized spacial score (nSPS) is 10.1. The van der Waals surface area contributed by atoms with E-state index in [0.29, 0.717) is 22.0 Å². The maximum atomic E-state index is 12.7. The van der Waals surface area contributed by atoms with E-state index in [9.17, 15) is 9.18 Å². The number of halogens is 2. The first-order valence-electron chi connectivity index (χ1n) is 5.18. The van der Waals surface area contributed by atoms with Gasteiger partial charge in [-0.2, -0.15) is 0 Å². The molecule has 0 aromatic heterocycles. The molecule has 5 heteroatoms. The lowest BCUT2D eigenvalue weighted by molar-refractivity contribution is 0.102. The number of carbonyl (C=O) groups is 1. The van der Waals surface area contributed by atoms with E-state index in [1.807, 2.05) is 0 Å². The summed E-state index contributed by atoms with van der Waals surface area (Å²) in [5, 5.41) is 3.02. The largest absolute Gasteiger partial charge is 0.398 e. The zero-order valence-electron chi connectivity index (χ0n) is 9.28. The second kappa shape index (κ2) is 5.06. The summed E-state index contributed by atoms with van der Waals surface area (Å²) in [6, 6.07) is 10.1. The SMILES string of the molecule is Nc1cc(C(=O)Nc2ccc(F)cc2)ccc1Cl. The average molecular weight is 265 g/mol. The first-order chi connectivity index (χ1) is 8.56. The molecule has 3 N–H and O–H groups in total. The van der Waals surface area contributed by atoms with Gasteiger partial charge in [0.15, 0.2) is 0 Å². The highest BCUT2D eigenvalue weighted by atomic mass is 35.5. The first-order valence-corrected chi connectivity index (χ1v) is 5.56. The summed E-state index contributed by atoms with van der Waals surface area (Å²) < 4.78 is 12.7. The Labute approximate surface area is 108 Å². The predicted octanol–water partition coefficient (Wildman–Crippen LogP) is 3.31. The van der Waals surface area contributed by atoms with Crippen molar-refractivity contribution in [2.24, 2.45) is 0 Å². The average Bonchev–Trinajstić information content (AvgIpc) is 2.35. The van der Waals surface area contributed by atoms with Gasteiger partial charge in [0.2, 0.25) is 0 Å². The molecule has 0 spiro atoms. The lowest BCUT2D eigenvalue weighted by Crippen LogP contribution is -2.12. The Kier molecular flexibility index (Phi) is 3.48. The molecule has 0 bridgehead atoms. The highest BCUT2D eigenvalue weighted by molar-refractivity contribution is 6.33. The van der Waals surface area contributed by atoms with Crippen LogP contribution in [0.25, 0.3) is 0 Å². The third kappa shape index (κ3) is 2.78. The summed E-state index contributed by atoms with van der Waals surface area (Å²) in [4.78, 5) is 11.9. The van der Waals surface area contributed by atoms with Crippen LogP contribution in [0.15, 0.2) is 42.5 Å². The van der Waals surface area contributed by atoms with Gasteiger partial charge in [-0.3, -0.25) is 4.79 Å². The van der Waals surface area contributed by atoms with Gasteiger partial charge in [-0.05, 0) is 42.5 Å². The molecule has 2 aromatic carbocycles. The molecule has 0 unspecified atom stereocenters. The summed E-state index contributed by atoms with van der Waals surface area (Å²) >= 11 is 5.76. The minimum absolute atomic E-state index is 0.329. The summed E-state index contributed by atoms with van der Waals surface area (Å²) in [5.41, 5.74) is 6.85. The van der Waals surface area contributed by atoms with Crippen LogP contribution in [0.3, 0.4) is 0 Å². The number of rotatable bonds is 2. The molecule has 18 heavy (non-hydrogen) atoms. The number of hydrogen-bond donors (Lipinski definition) is 2. The summed E-state index contributed by atoms with van der Waals surface area (Å²) in [6.45, 7) is 0. The van der Waals surface area contributed by atoms with Gasteiger partial charge in [0.25, 0.3) is 5.91 Å². The Morgan fingerprint density at radius 3 is 2.44 bits per heavy atom. The van der Waals surface area contributed by atoms with Gasteiger partial charge in [-0.15, -0.1) is 0 Å². The van der Waals surface area contributed by atoms with Crippen LogP contribution in [0.2, 0.25) is 5.02 Å². The molecule has 2 aromatic rings. The molecule has 3 nitrogen and oxygen atoms in total. The van der Waals surface area contributed by atoms with E-state index in [1.54, 1.807) is 12.1 Å². The van der Waals surface area contributed by atoms with Gasteiger partial charge in [-0.25, -0.2) is 4.39 Å². The molecule has 92 valence electrons. The summed E-state index contributed by atoms with van der Waals surface area (Å²) in [5.74, 6) is -0.686. The third-order valence-corrected chi connectivity index (χ3v) is 2.70. The third-order valence-electron chi connectivity index (χ3n) is 2.36. The molecule has 0 fully saturated rings. The van der Waals surface area contributed by atoms with Gasteiger partial charge >= 0.3 is 0 Å². The standard InChI is InChI=1S/C13H10ClFN2O/c14-11-6-1-8(7-12(11)16)13(18)17-10-4-2-9(15)3-5-10/h1-7H,16H2,(H,17,18). The van der Waals surface area contributed by atoms with Crippen molar-refractivity contribution in [3.8, 4) is 0 Å². The molecule has 0 heterocycles. The Bertz CT molecular complexity index is 584. The van der Waals surface area contributed by atoms with Crippen LogP contribution in [-0.4, -0.2) is 5.91 Å². The van der Waals surface area contributed by atoms with Crippen molar-refractivity contribution < 1.29 is 9.18 Å². The number of hydrogen-bond acceptors (Lipinski definition) is 2. The molecule has 0 saturated heterocycles. The Hall–Kier alpha value is -2.07. The fourth-order valence-corrected chi connectivity index (χ4v) is 1.54. The maximum Gasteiger partial charge on any atom is 0.255 e. The first kappa shape index (κ1) is 12.4. The fourth-order valence-electron chi connectivity index (χ4n) is 1.42. The van der Waals surface area contributed by atoms with E-state index in [1.165, 1.54) is 30.3 Å². The number of anilines is 2. The van der Waals surface area contributed by atoms with Gasteiger partial charge in [0, 0.05) is 11.3 Å². The van der Waals surface area contributed by atoms with Gasteiger partial charge in [0.1, 0.15) is 5.82 Å². The Morgan fingerprint density at radius 2 is 1.83 bits per heavy atom. The van der Waals surface area contributed by atoms with Gasteiger partial charge in [-0.1, -0.05) is 11.6 Å². The van der Waals surface area contributed by atoms with Crippen molar-refractivity contribution >= 4 is 28.9 Å². The van der Waals surface area contributed by atoms with E-state index in [-0.39, 0.29) is 11.7 Å². The lowest BCUT2D eigenvalue weighted by Gasteiger charge is -2.06.